The van der Waals surface area contributed by atoms with E-state index in [4.69, 9.17) is 167 Å². The maximum Gasteiger partial charge on any atom is 0.250 e. The quantitative estimate of drug-likeness (QED) is 0.189. The average molecular weight is 883 g/mol. The molecule has 4 aromatic rings. The van der Waals surface area contributed by atoms with E-state index in [9.17, 15) is 0 Å². The van der Waals surface area contributed by atoms with Crippen LogP contribution in [0.25, 0.3) is 22.8 Å². The first-order chi connectivity index (χ1) is 20.1. The van der Waals surface area contributed by atoms with Crippen molar-refractivity contribution < 1.29 is 4.74 Å². The van der Waals surface area contributed by atoms with Gasteiger partial charge in [-0.15, -0.1) is 0 Å². The van der Waals surface area contributed by atoms with Crippen LogP contribution in [0.1, 0.15) is 23.3 Å². The van der Waals surface area contributed by atoms with Gasteiger partial charge in [-0.05, 0) is 42.5 Å². The molecule has 0 aliphatic rings. The van der Waals surface area contributed by atoms with Crippen LogP contribution in [0.5, 0.6) is 5.75 Å². The number of alkyl halides is 12. The van der Waals surface area contributed by atoms with E-state index < -0.39 is 15.2 Å². The van der Waals surface area contributed by atoms with Crippen LogP contribution in [-0.2, 0) is 15.2 Å². The number of hydrogen-bond acceptors (Lipinski definition) is 7. The molecule has 44 heavy (non-hydrogen) atoms. The molecular formula is C23H10Cl14N6O. The molecule has 0 bridgehead atoms. The van der Waals surface area contributed by atoms with E-state index in [2.05, 4.69) is 29.9 Å². The average Bonchev–Trinajstić information content (AvgIpc) is 2.91. The Hall–Kier alpha value is 0.320. The zero-order valence-corrected chi connectivity index (χ0v) is 31.5. The van der Waals surface area contributed by atoms with Gasteiger partial charge in [0.2, 0.25) is 15.2 Å². The predicted molar refractivity (Wildman–Crippen MR) is 184 cm³/mol. The summed E-state index contributed by atoms with van der Waals surface area (Å²) in [7, 11) is 1.56. The fourth-order valence-electron chi connectivity index (χ4n) is 2.92. The predicted octanol–water partition coefficient (Wildman–Crippen LogP) is 11.7. The van der Waals surface area contributed by atoms with Gasteiger partial charge in [-0.1, -0.05) is 162 Å². The summed E-state index contributed by atoms with van der Waals surface area (Å²) >= 11 is 81.7. The van der Waals surface area contributed by atoms with Crippen molar-refractivity contribution in [2.45, 2.75) is 15.2 Å². The number of nitrogens with zero attached hydrogens (tertiary/aromatic N) is 6. The minimum absolute atomic E-state index is 0.0827. The molecule has 2 aromatic heterocycles. The highest BCUT2D eigenvalue weighted by molar-refractivity contribution is 6.68. The normalized spacial score (nSPS) is 12.4. The SMILES string of the molecule is COc1ccc(-c2nc(C(Cl)(Cl)Cl)nc(C(Cl)(Cl)Cl)n2)cc1.Clc1ccc(-c2nc(C(Cl)(Cl)Cl)nc(C(Cl)(Cl)Cl)n2)c(Cl)c1. The molecule has 236 valence electrons. The molecule has 2 aromatic carbocycles. The number of halogens is 14. The molecule has 0 spiro atoms. The number of methoxy groups -OCH3 is 1. The maximum atomic E-state index is 6.11. The van der Waals surface area contributed by atoms with Crippen LogP contribution in [-0.4, -0.2) is 37.0 Å². The van der Waals surface area contributed by atoms with Crippen LogP contribution in [0.2, 0.25) is 10.0 Å². The monoisotopic (exact) mass is 876 g/mol. The summed E-state index contributed by atoms with van der Waals surface area (Å²) in [5.74, 6) is 0.282. The smallest absolute Gasteiger partial charge is 0.250 e. The van der Waals surface area contributed by atoms with E-state index in [0.717, 1.165) is 0 Å². The summed E-state index contributed by atoms with van der Waals surface area (Å²) < 4.78 is -2.54. The van der Waals surface area contributed by atoms with Gasteiger partial charge >= 0.3 is 0 Å². The molecule has 0 unspecified atom stereocenters. The Balaban J connectivity index is 0.000000240. The molecule has 0 fully saturated rings. The van der Waals surface area contributed by atoms with Gasteiger partial charge in [-0.3, -0.25) is 0 Å². The van der Waals surface area contributed by atoms with Crippen molar-refractivity contribution in [3.05, 3.63) is 75.8 Å². The highest BCUT2D eigenvalue weighted by Gasteiger charge is 2.35. The second kappa shape index (κ2) is 15.3. The van der Waals surface area contributed by atoms with Crippen molar-refractivity contribution in [1.82, 2.24) is 29.9 Å². The molecule has 0 atom stereocenters. The van der Waals surface area contributed by atoms with Crippen LogP contribution in [0.3, 0.4) is 0 Å². The van der Waals surface area contributed by atoms with Crippen molar-refractivity contribution >= 4 is 162 Å². The van der Waals surface area contributed by atoms with E-state index in [-0.39, 0.29) is 40.0 Å². The van der Waals surface area contributed by atoms with Crippen LogP contribution in [0, 0.1) is 0 Å². The highest BCUT2D eigenvalue weighted by Crippen LogP contribution is 2.42. The van der Waals surface area contributed by atoms with Gasteiger partial charge in [0.1, 0.15) is 5.75 Å². The third-order valence-electron chi connectivity index (χ3n) is 4.81. The van der Waals surface area contributed by atoms with Crippen LogP contribution in [0.4, 0.5) is 0 Å². The van der Waals surface area contributed by atoms with Gasteiger partial charge in [-0.2, -0.15) is 0 Å². The lowest BCUT2D eigenvalue weighted by Gasteiger charge is -2.16. The van der Waals surface area contributed by atoms with Crippen LogP contribution >= 0.6 is 162 Å². The van der Waals surface area contributed by atoms with E-state index >= 15 is 0 Å². The summed E-state index contributed by atoms with van der Waals surface area (Å²) in [4.78, 5) is 24.1. The molecule has 0 saturated carbocycles. The Morgan fingerprint density at radius 2 is 0.886 bits per heavy atom. The minimum atomic E-state index is -1.93. The van der Waals surface area contributed by atoms with Crippen molar-refractivity contribution in [3.8, 4) is 28.5 Å². The lowest BCUT2D eigenvalue weighted by molar-refractivity contribution is 0.415. The fraction of sp³-hybridized carbons (Fsp3) is 0.217. The standard InChI is InChI=1S/C12H7Cl6N3O.C11H3Cl8N3/c1-22-7-4-2-6(3-5-7)8-19-9(11(13,14)15)21-10(20-8)12(16,17)18;12-4-1-2-5(6(13)3-4)7-20-8(10(14,15)16)22-9(21-7)11(17,18)19/h2-5H,1H3;1-3H. The fourth-order valence-corrected chi connectivity index (χ4v) is 4.43. The first-order valence-corrected chi connectivity index (χ1v) is 16.3. The second-order valence-electron chi connectivity index (χ2n) is 7.96. The molecule has 21 heteroatoms. The maximum absolute atomic E-state index is 6.11. The first-order valence-electron chi connectivity index (χ1n) is 11.0. The van der Waals surface area contributed by atoms with Gasteiger partial charge in [0, 0.05) is 16.1 Å². The van der Waals surface area contributed by atoms with Gasteiger partial charge in [0.25, 0.3) is 0 Å². The van der Waals surface area contributed by atoms with E-state index in [1.54, 1.807) is 43.5 Å². The topological polar surface area (TPSA) is 86.6 Å². The number of ether oxygens (including phenoxy) is 1. The zero-order chi connectivity index (χ0) is 33.3. The molecule has 0 aliphatic carbocycles. The summed E-state index contributed by atoms with van der Waals surface area (Å²) in [5, 5.41) is 0.718. The first kappa shape index (κ1) is 38.8. The number of benzene rings is 2. The van der Waals surface area contributed by atoms with E-state index in [0.29, 0.717) is 21.9 Å². The summed E-state index contributed by atoms with van der Waals surface area (Å²) in [6.07, 6.45) is 0. The molecule has 2 heterocycles. The summed E-state index contributed by atoms with van der Waals surface area (Å²) in [6, 6.07) is 11.6. The van der Waals surface area contributed by atoms with Crippen molar-refractivity contribution in [2.75, 3.05) is 7.11 Å². The van der Waals surface area contributed by atoms with Gasteiger partial charge in [0.05, 0.1) is 12.1 Å². The van der Waals surface area contributed by atoms with Gasteiger partial charge in [0.15, 0.2) is 34.9 Å². The van der Waals surface area contributed by atoms with E-state index in [1.807, 2.05) is 0 Å². The Kier molecular flexibility index (Phi) is 13.4. The third-order valence-corrected chi connectivity index (χ3v) is 7.38. The second-order valence-corrected chi connectivity index (χ2v) is 17.9. The molecule has 0 radical (unpaired) electrons. The Labute approximate surface area is 320 Å². The number of rotatable bonds is 3. The van der Waals surface area contributed by atoms with Crippen molar-refractivity contribution in [2.24, 2.45) is 0 Å². The van der Waals surface area contributed by atoms with Gasteiger partial charge in [-0.25, -0.2) is 29.9 Å². The Bertz CT molecular complexity index is 1550. The lowest BCUT2D eigenvalue weighted by atomic mass is 10.2. The summed E-state index contributed by atoms with van der Waals surface area (Å²) in [5.41, 5.74) is 1.04. The van der Waals surface area contributed by atoms with Gasteiger partial charge < -0.3 is 4.74 Å². The van der Waals surface area contributed by atoms with Crippen molar-refractivity contribution in [1.29, 1.82) is 0 Å². The van der Waals surface area contributed by atoms with Crippen LogP contribution in [0.15, 0.2) is 42.5 Å². The molecule has 7 nitrogen and oxygen atoms in total. The summed E-state index contributed by atoms with van der Waals surface area (Å²) in [6.45, 7) is 0. The van der Waals surface area contributed by atoms with Crippen LogP contribution < -0.4 is 4.74 Å². The molecule has 4 rings (SSSR count). The molecule has 0 aliphatic heterocycles. The molecular weight excluding hydrogens is 873 g/mol. The molecule has 0 N–H and O–H groups in total. The van der Waals surface area contributed by atoms with E-state index in [1.165, 1.54) is 6.07 Å². The minimum Gasteiger partial charge on any atom is -0.497 e. The highest BCUT2D eigenvalue weighted by atomic mass is 35.6. The lowest BCUT2D eigenvalue weighted by Crippen LogP contribution is -2.16. The molecule has 0 amide bonds. The third kappa shape index (κ3) is 10.9. The Morgan fingerprint density at radius 1 is 0.500 bits per heavy atom. The number of hydrogen-bond donors (Lipinski definition) is 0. The number of aromatic nitrogens is 6. The van der Waals surface area contributed by atoms with Crippen molar-refractivity contribution in [3.63, 3.8) is 0 Å². The Morgan fingerprint density at radius 3 is 1.23 bits per heavy atom. The molecule has 0 saturated heterocycles. The largest absolute Gasteiger partial charge is 0.497 e. The zero-order valence-electron chi connectivity index (χ0n) is 20.9.